The monoisotopic (exact) mass is 351 g/mol. The van der Waals surface area contributed by atoms with Gasteiger partial charge in [-0.2, -0.15) is 0 Å². The van der Waals surface area contributed by atoms with Crippen LogP contribution in [-0.2, 0) is 9.53 Å². The van der Waals surface area contributed by atoms with E-state index in [1.807, 2.05) is 0 Å². The number of carbonyl (C=O) groups excluding carboxylic acids is 1. The number of hydrogen-bond acceptors (Lipinski definition) is 3. The Balaban J connectivity index is 1.96. The largest absolute Gasteiger partial charge is 0.402 e. The fourth-order valence-corrected chi connectivity index (χ4v) is 2.52. The van der Waals surface area contributed by atoms with E-state index in [2.05, 4.69) is 4.99 Å². The summed E-state index contributed by atoms with van der Waals surface area (Å²) < 4.78 is 5.17. The molecular weight excluding hydrogens is 345 g/mol. The van der Waals surface area contributed by atoms with Crippen molar-refractivity contribution in [2.24, 2.45) is 4.99 Å². The summed E-state index contributed by atoms with van der Waals surface area (Å²) in [6, 6.07) is 11.9. The van der Waals surface area contributed by atoms with Crippen LogP contribution in [0.25, 0.3) is 6.08 Å². The zero-order valence-corrected chi connectivity index (χ0v) is 13.3. The second-order valence-electron chi connectivity index (χ2n) is 4.51. The van der Waals surface area contributed by atoms with Crippen LogP contribution in [0.3, 0.4) is 0 Å². The fourth-order valence-electron chi connectivity index (χ4n) is 1.90. The summed E-state index contributed by atoms with van der Waals surface area (Å²) in [5, 5.41) is 1.48. The van der Waals surface area contributed by atoms with Crippen LogP contribution in [-0.4, -0.2) is 11.9 Å². The standard InChI is InChI=1S/C16H8Cl3NO2/c17-10-3-1-9(2-4-10)7-14-16(21)22-15(20-14)12-6-5-11(18)8-13(12)19/h1-8H. The van der Waals surface area contributed by atoms with E-state index in [1.165, 1.54) is 0 Å². The van der Waals surface area contributed by atoms with Gasteiger partial charge in [-0.1, -0.05) is 46.9 Å². The lowest BCUT2D eigenvalue weighted by Crippen LogP contribution is -2.05. The Morgan fingerprint density at radius 2 is 1.64 bits per heavy atom. The maximum Gasteiger partial charge on any atom is 0.363 e. The number of halogens is 3. The number of aliphatic imine (C=N–C) groups is 1. The normalized spacial score (nSPS) is 15.9. The Kier molecular flexibility index (Phi) is 4.21. The molecule has 0 aromatic heterocycles. The van der Waals surface area contributed by atoms with E-state index in [4.69, 9.17) is 39.5 Å². The van der Waals surface area contributed by atoms with Gasteiger partial charge in [-0.25, -0.2) is 9.79 Å². The number of hydrogen-bond donors (Lipinski definition) is 0. The van der Waals surface area contributed by atoms with Crippen LogP contribution in [0.5, 0.6) is 0 Å². The molecule has 0 spiro atoms. The molecule has 1 heterocycles. The molecule has 0 saturated heterocycles. The smallest absolute Gasteiger partial charge is 0.363 e. The topological polar surface area (TPSA) is 38.7 Å². The number of cyclic esters (lactones) is 1. The van der Waals surface area contributed by atoms with Gasteiger partial charge in [0, 0.05) is 10.0 Å². The Bertz CT molecular complexity index is 811. The Labute approximate surface area is 141 Å². The summed E-state index contributed by atoms with van der Waals surface area (Å²) in [5.41, 5.74) is 1.51. The van der Waals surface area contributed by atoms with Gasteiger partial charge in [0.1, 0.15) is 0 Å². The van der Waals surface area contributed by atoms with E-state index in [-0.39, 0.29) is 11.6 Å². The van der Waals surface area contributed by atoms with Crippen molar-refractivity contribution in [1.29, 1.82) is 0 Å². The predicted octanol–water partition coefficient (Wildman–Crippen LogP) is 4.99. The highest BCUT2D eigenvalue weighted by molar-refractivity contribution is 6.37. The first-order chi connectivity index (χ1) is 10.5. The average molecular weight is 353 g/mol. The quantitative estimate of drug-likeness (QED) is 0.564. The van der Waals surface area contributed by atoms with Crippen LogP contribution < -0.4 is 0 Å². The molecule has 2 aromatic rings. The number of esters is 1. The van der Waals surface area contributed by atoms with Gasteiger partial charge in [-0.05, 0) is 42.0 Å². The van der Waals surface area contributed by atoms with Crippen molar-refractivity contribution in [3.63, 3.8) is 0 Å². The molecule has 0 aliphatic carbocycles. The highest BCUT2D eigenvalue weighted by Gasteiger charge is 2.25. The highest BCUT2D eigenvalue weighted by Crippen LogP contribution is 2.26. The molecule has 2 aromatic carbocycles. The van der Waals surface area contributed by atoms with Crippen molar-refractivity contribution in [3.05, 3.63) is 74.4 Å². The molecule has 0 bridgehead atoms. The average Bonchev–Trinajstić information content (AvgIpc) is 2.82. The third-order valence-electron chi connectivity index (χ3n) is 2.96. The SMILES string of the molecule is O=C1OC(c2ccc(Cl)cc2Cl)=NC1=Cc1ccc(Cl)cc1. The molecule has 3 nitrogen and oxygen atoms in total. The summed E-state index contributed by atoms with van der Waals surface area (Å²) in [7, 11) is 0. The first-order valence-electron chi connectivity index (χ1n) is 6.26. The fraction of sp³-hybridized carbons (Fsp3) is 0. The molecule has 0 atom stereocenters. The van der Waals surface area contributed by atoms with E-state index >= 15 is 0 Å². The molecule has 1 aliphatic heterocycles. The van der Waals surface area contributed by atoms with Crippen LogP contribution in [0.15, 0.2) is 53.2 Å². The van der Waals surface area contributed by atoms with Gasteiger partial charge >= 0.3 is 5.97 Å². The van der Waals surface area contributed by atoms with Crippen molar-refractivity contribution >= 4 is 52.7 Å². The van der Waals surface area contributed by atoms with E-state index in [9.17, 15) is 4.79 Å². The van der Waals surface area contributed by atoms with E-state index in [0.29, 0.717) is 20.6 Å². The molecule has 0 radical (unpaired) electrons. The van der Waals surface area contributed by atoms with Gasteiger partial charge in [0.25, 0.3) is 0 Å². The minimum atomic E-state index is -0.532. The number of rotatable bonds is 2. The van der Waals surface area contributed by atoms with Crippen molar-refractivity contribution in [2.75, 3.05) is 0 Å². The maximum atomic E-state index is 11.9. The second-order valence-corrected chi connectivity index (χ2v) is 5.79. The molecule has 0 unspecified atom stereocenters. The van der Waals surface area contributed by atoms with Crippen LogP contribution in [0, 0.1) is 0 Å². The van der Waals surface area contributed by atoms with Crippen LogP contribution in [0.2, 0.25) is 15.1 Å². The molecule has 110 valence electrons. The lowest BCUT2D eigenvalue weighted by molar-refractivity contribution is -0.129. The van der Waals surface area contributed by atoms with Crippen molar-refractivity contribution in [3.8, 4) is 0 Å². The zero-order chi connectivity index (χ0) is 15.7. The molecule has 6 heteroatoms. The van der Waals surface area contributed by atoms with Crippen LogP contribution >= 0.6 is 34.8 Å². The first-order valence-corrected chi connectivity index (χ1v) is 7.40. The van der Waals surface area contributed by atoms with E-state index in [0.717, 1.165) is 5.56 Å². The second kappa shape index (κ2) is 6.13. The lowest BCUT2D eigenvalue weighted by Gasteiger charge is -2.02. The summed E-state index contributed by atoms with van der Waals surface area (Å²) in [6.45, 7) is 0. The molecular formula is C16H8Cl3NO2. The number of ether oxygens (including phenoxy) is 1. The lowest BCUT2D eigenvalue weighted by atomic mass is 10.2. The van der Waals surface area contributed by atoms with Gasteiger partial charge < -0.3 is 4.74 Å². The number of nitrogens with zero attached hydrogens (tertiary/aromatic N) is 1. The van der Waals surface area contributed by atoms with Crippen molar-refractivity contribution in [2.45, 2.75) is 0 Å². The Hall–Kier alpha value is -1.81. The molecule has 22 heavy (non-hydrogen) atoms. The van der Waals surface area contributed by atoms with Gasteiger partial charge in [0.15, 0.2) is 5.70 Å². The summed E-state index contributed by atoms with van der Waals surface area (Å²) in [6.07, 6.45) is 1.62. The van der Waals surface area contributed by atoms with Gasteiger partial charge in [-0.3, -0.25) is 0 Å². The maximum absolute atomic E-state index is 11.9. The third-order valence-corrected chi connectivity index (χ3v) is 3.76. The minimum absolute atomic E-state index is 0.159. The van der Waals surface area contributed by atoms with Gasteiger partial charge in [0.05, 0.1) is 10.6 Å². The van der Waals surface area contributed by atoms with Crippen LogP contribution in [0.4, 0.5) is 0 Å². The third kappa shape index (κ3) is 3.17. The molecule has 0 fully saturated rings. The summed E-state index contributed by atoms with van der Waals surface area (Å²) in [5.74, 6) is -0.372. The minimum Gasteiger partial charge on any atom is -0.402 e. The Morgan fingerprint density at radius 1 is 0.955 bits per heavy atom. The Morgan fingerprint density at radius 3 is 2.32 bits per heavy atom. The predicted molar refractivity (Wildman–Crippen MR) is 88.5 cm³/mol. The van der Waals surface area contributed by atoms with Gasteiger partial charge in [0.2, 0.25) is 5.90 Å². The summed E-state index contributed by atoms with van der Waals surface area (Å²) >= 11 is 17.8. The van der Waals surface area contributed by atoms with E-state index in [1.54, 1.807) is 48.5 Å². The molecule has 3 rings (SSSR count). The van der Waals surface area contributed by atoms with Crippen molar-refractivity contribution in [1.82, 2.24) is 0 Å². The zero-order valence-electron chi connectivity index (χ0n) is 11.0. The molecule has 0 N–H and O–H groups in total. The molecule has 0 saturated carbocycles. The van der Waals surface area contributed by atoms with Crippen LogP contribution in [0.1, 0.15) is 11.1 Å². The summed E-state index contributed by atoms with van der Waals surface area (Å²) in [4.78, 5) is 16.1. The number of carbonyl (C=O) groups is 1. The van der Waals surface area contributed by atoms with Gasteiger partial charge in [-0.15, -0.1) is 0 Å². The highest BCUT2D eigenvalue weighted by atomic mass is 35.5. The first kappa shape index (κ1) is 15.1. The van der Waals surface area contributed by atoms with Crippen molar-refractivity contribution < 1.29 is 9.53 Å². The molecule has 1 aliphatic rings. The molecule has 0 amide bonds. The van der Waals surface area contributed by atoms with E-state index < -0.39 is 5.97 Å². The number of benzene rings is 2.